The van der Waals surface area contributed by atoms with Crippen molar-refractivity contribution in [3.8, 4) is 0 Å². The number of nitrogens with zero attached hydrogens (tertiary/aromatic N) is 1. The molecule has 2 aliphatic rings. The van der Waals surface area contributed by atoms with Gasteiger partial charge in [0, 0.05) is 37.4 Å². The van der Waals surface area contributed by atoms with E-state index < -0.39 is 0 Å². The molecule has 4 rings (SSSR count). The van der Waals surface area contributed by atoms with Crippen molar-refractivity contribution >= 4 is 11.7 Å². The van der Waals surface area contributed by atoms with E-state index >= 15 is 0 Å². The van der Waals surface area contributed by atoms with Gasteiger partial charge in [-0.25, -0.2) is 4.79 Å². The van der Waals surface area contributed by atoms with Crippen molar-refractivity contribution in [3.63, 3.8) is 0 Å². The minimum Gasteiger partial charge on any atom is -0.381 e. The third-order valence-electron chi connectivity index (χ3n) is 5.55. The van der Waals surface area contributed by atoms with Crippen molar-refractivity contribution in [1.82, 2.24) is 5.32 Å². The predicted molar refractivity (Wildman–Crippen MR) is 99.1 cm³/mol. The first-order valence-electron chi connectivity index (χ1n) is 9.05. The lowest BCUT2D eigenvalue weighted by Crippen LogP contribution is -2.48. The van der Waals surface area contributed by atoms with Gasteiger partial charge in [-0.15, -0.1) is 0 Å². The Labute approximate surface area is 148 Å². The number of nitrogens with one attached hydrogen (secondary N) is 1. The van der Waals surface area contributed by atoms with Crippen molar-refractivity contribution in [2.24, 2.45) is 0 Å². The zero-order chi connectivity index (χ0) is 17.1. The number of anilines is 1. The molecule has 2 amide bonds. The number of carbonyl (C=O) groups is 1. The summed E-state index contributed by atoms with van der Waals surface area (Å²) in [5.41, 5.74) is 3.55. The molecule has 0 unspecified atom stereocenters. The quantitative estimate of drug-likeness (QED) is 0.932. The number of urea groups is 1. The van der Waals surface area contributed by atoms with Gasteiger partial charge in [0.05, 0.1) is 0 Å². The highest BCUT2D eigenvalue weighted by Gasteiger charge is 2.35. The first-order valence-corrected chi connectivity index (χ1v) is 9.05. The average Bonchev–Trinajstić information content (AvgIpc) is 3.12. The SMILES string of the molecule is O=C(NCC1(c2ccccc2)CCOCC1)N1CCc2ccccc21. The highest BCUT2D eigenvalue weighted by Crippen LogP contribution is 2.34. The molecule has 0 bridgehead atoms. The average molecular weight is 336 g/mol. The lowest BCUT2D eigenvalue weighted by atomic mass is 9.74. The van der Waals surface area contributed by atoms with Crippen LogP contribution in [0.4, 0.5) is 10.5 Å². The molecule has 130 valence electrons. The molecule has 0 aromatic heterocycles. The van der Waals surface area contributed by atoms with E-state index in [9.17, 15) is 4.79 Å². The van der Waals surface area contributed by atoms with E-state index in [1.54, 1.807) is 0 Å². The minimum atomic E-state index is -0.0333. The van der Waals surface area contributed by atoms with Gasteiger partial charge in [0.15, 0.2) is 0 Å². The molecule has 1 saturated heterocycles. The molecule has 4 nitrogen and oxygen atoms in total. The Balaban J connectivity index is 1.50. The second-order valence-electron chi connectivity index (χ2n) is 6.95. The van der Waals surface area contributed by atoms with Crippen molar-refractivity contribution in [2.75, 3.05) is 31.2 Å². The molecule has 25 heavy (non-hydrogen) atoms. The Morgan fingerprint density at radius 1 is 1.04 bits per heavy atom. The molecule has 0 radical (unpaired) electrons. The highest BCUT2D eigenvalue weighted by molar-refractivity contribution is 5.94. The lowest BCUT2D eigenvalue weighted by molar-refractivity contribution is 0.0508. The van der Waals surface area contributed by atoms with Crippen LogP contribution in [0.25, 0.3) is 0 Å². The summed E-state index contributed by atoms with van der Waals surface area (Å²) in [5.74, 6) is 0. The minimum absolute atomic E-state index is 0.00625. The third kappa shape index (κ3) is 3.14. The maximum Gasteiger partial charge on any atom is 0.321 e. The van der Waals surface area contributed by atoms with Crippen LogP contribution < -0.4 is 10.2 Å². The third-order valence-corrected chi connectivity index (χ3v) is 5.55. The standard InChI is InChI=1S/C21H24N2O2/c24-20(23-13-10-17-6-4-5-9-19(17)23)22-16-21(11-14-25-15-12-21)18-7-2-1-3-8-18/h1-9H,10-16H2,(H,22,24). The smallest absolute Gasteiger partial charge is 0.321 e. The zero-order valence-electron chi connectivity index (χ0n) is 14.4. The van der Waals surface area contributed by atoms with Crippen molar-refractivity contribution in [1.29, 1.82) is 0 Å². The number of para-hydroxylation sites is 1. The van der Waals surface area contributed by atoms with Gasteiger partial charge in [-0.1, -0.05) is 48.5 Å². The number of ether oxygens (including phenoxy) is 1. The Hall–Kier alpha value is -2.33. The van der Waals surface area contributed by atoms with Crippen molar-refractivity contribution in [2.45, 2.75) is 24.7 Å². The number of rotatable bonds is 3. The van der Waals surface area contributed by atoms with Crippen LogP contribution in [0.1, 0.15) is 24.0 Å². The number of fused-ring (bicyclic) bond motifs is 1. The molecule has 0 saturated carbocycles. The fourth-order valence-corrected chi connectivity index (χ4v) is 4.01. The Morgan fingerprint density at radius 3 is 2.56 bits per heavy atom. The van der Waals surface area contributed by atoms with Crippen LogP contribution in [0, 0.1) is 0 Å². The summed E-state index contributed by atoms with van der Waals surface area (Å²) < 4.78 is 5.58. The molecule has 0 spiro atoms. The van der Waals surface area contributed by atoms with Crippen LogP contribution in [-0.2, 0) is 16.6 Å². The molecule has 2 aromatic carbocycles. The molecule has 1 fully saturated rings. The van der Waals surface area contributed by atoms with Crippen molar-refractivity contribution in [3.05, 3.63) is 65.7 Å². The van der Waals surface area contributed by atoms with E-state index in [0.717, 1.165) is 44.7 Å². The van der Waals surface area contributed by atoms with E-state index in [1.807, 2.05) is 29.2 Å². The fourth-order valence-electron chi connectivity index (χ4n) is 4.01. The summed E-state index contributed by atoms with van der Waals surface area (Å²) in [6, 6.07) is 18.7. The summed E-state index contributed by atoms with van der Waals surface area (Å²) in [7, 11) is 0. The van der Waals surface area contributed by atoms with Crippen LogP contribution in [0.2, 0.25) is 0 Å². The Bertz CT molecular complexity index is 739. The van der Waals surface area contributed by atoms with Crippen LogP contribution in [0.5, 0.6) is 0 Å². The maximum atomic E-state index is 12.8. The van der Waals surface area contributed by atoms with Crippen molar-refractivity contribution < 1.29 is 9.53 Å². The molecular formula is C21H24N2O2. The lowest BCUT2D eigenvalue weighted by Gasteiger charge is -2.38. The molecule has 2 aromatic rings. The van der Waals surface area contributed by atoms with Gasteiger partial charge >= 0.3 is 6.03 Å². The van der Waals surface area contributed by atoms with Gasteiger partial charge in [0.1, 0.15) is 0 Å². The summed E-state index contributed by atoms with van der Waals surface area (Å²) in [6.45, 7) is 2.90. The van der Waals surface area contributed by atoms with Crippen LogP contribution in [0.15, 0.2) is 54.6 Å². The second-order valence-corrected chi connectivity index (χ2v) is 6.95. The zero-order valence-corrected chi connectivity index (χ0v) is 14.4. The maximum absolute atomic E-state index is 12.8. The fraction of sp³-hybridized carbons (Fsp3) is 0.381. The largest absolute Gasteiger partial charge is 0.381 e. The van der Waals surface area contributed by atoms with Crippen LogP contribution in [-0.4, -0.2) is 32.3 Å². The predicted octanol–water partition coefficient (Wildman–Crippen LogP) is 3.51. The van der Waals surface area contributed by atoms with E-state index in [-0.39, 0.29) is 11.4 Å². The molecule has 0 aliphatic carbocycles. The van der Waals surface area contributed by atoms with Gasteiger partial charge in [-0.2, -0.15) is 0 Å². The first-order chi connectivity index (χ1) is 12.3. The summed E-state index contributed by atoms with van der Waals surface area (Å²) >= 11 is 0. The number of hydrogen-bond donors (Lipinski definition) is 1. The van der Waals surface area contributed by atoms with E-state index in [0.29, 0.717) is 6.54 Å². The molecule has 2 aliphatic heterocycles. The van der Waals surface area contributed by atoms with Gasteiger partial charge < -0.3 is 10.1 Å². The van der Waals surface area contributed by atoms with Gasteiger partial charge in [0.2, 0.25) is 0 Å². The summed E-state index contributed by atoms with van der Waals surface area (Å²) in [5, 5.41) is 3.21. The molecule has 1 N–H and O–H groups in total. The topological polar surface area (TPSA) is 41.6 Å². The van der Waals surface area contributed by atoms with Crippen LogP contribution >= 0.6 is 0 Å². The highest BCUT2D eigenvalue weighted by atomic mass is 16.5. The number of benzene rings is 2. The molecular weight excluding hydrogens is 312 g/mol. The normalized spacial score (nSPS) is 18.6. The molecule has 0 atom stereocenters. The Morgan fingerprint density at radius 2 is 1.76 bits per heavy atom. The van der Waals surface area contributed by atoms with Gasteiger partial charge in [-0.3, -0.25) is 4.90 Å². The summed E-state index contributed by atoms with van der Waals surface area (Å²) in [4.78, 5) is 14.7. The van der Waals surface area contributed by atoms with Crippen LogP contribution in [0.3, 0.4) is 0 Å². The Kier molecular flexibility index (Phi) is 4.45. The van der Waals surface area contributed by atoms with E-state index in [1.165, 1.54) is 11.1 Å². The number of carbonyl (C=O) groups excluding carboxylic acids is 1. The molecule has 4 heteroatoms. The van der Waals surface area contributed by atoms with Gasteiger partial charge in [0.25, 0.3) is 0 Å². The number of amides is 2. The van der Waals surface area contributed by atoms with E-state index in [2.05, 4.69) is 35.6 Å². The van der Waals surface area contributed by atoms with Gasteiger partial charge in [-0.05, 0) is 36.5 Å². The molecule has 2 heterocycles. The summed E-state index contributed by atoms with van der Waals surface area (Å²) in [6.07, 6.45) is 2.81. The number of hydrogen-bond acceptors (Lipinski definition) is 2. The monoisotopic (exact) mass is 336 g/mol. The second kappa shape index (κ2) is 6.89. The first kappa shape index (κ1) is 16.2. The van der Waals surface area contributed by atoms with E-state index in [4.69, 9.17) is 4.74 Å².